The predicted molar refractivity (Wildman–Crippen MR) is 57.7 cm³/mol. The maximum atomic E-state index is 11.2. The fourth-order valence-electron chi connectivity index (χ4n) is 0.954. The molecule has 0 aliphatic heterocycles. The molecule has 0 atom stereocenters. The van der Waals surface area contributed by atoms with E-state index in [0.29, 0.717) is 12.0 Å². The van der Waals surface area contributed by atoms with E-state index in [1.54, 1.807) is 32.2 Å². The monoisotopic (exact) mass is 195 g/mol. The summed E-state index contributed by atoms with van der Waals surface area (Å²) in [6.45, 7) is 5.43. The highest BCUT2D eigenvalue weighted by atomic mass is 16.5. The van der Waals surface area contributed by atoms with Gasteiger partial charge in [0.2, 0.25) is 0 Å². The topological polar surface area (TPSA) is 38.3 Å². The van der Waals surface area contributed by atoms with E-state index in [0.717, 1.165) is 5.70 Å². The third-order valence-electron chi connectivity index (χ3n) is 1.75. The number of allylic oxidation sites excluding steroid dienone is 2. The van der Waals surface area contributed by atoms with Crippen molar-refractivity contribution in [1.29, 1.82) is 0 Å². The van der Waals surface area contributed by atoms with Gasteiger partial charge in [-0.25, -0.2) is 4.79 Å². The van der Waals surface area contributed by atoms with E-state index in [1.807, 2.05) is 0 Å². The summed E-state index contributed by atoms with van der Waals surface area (Å²) in [6, 6.07) is 0. The summed E-state index contributed by atoms with van der Waals surface area (Å²) in [7, 11) is 3.17. The Morgan fingerprint density at radius 1 is 1.57 bits per heavy atom. The van der Waals surface area contributed by atoms with Gasteiger partial charge in [0.15, 0.2) is 0 Å². The molecule has 0 fully saturated rings. The van der Waals surface area contributed by atoms with Gasteiger partial charge < -0.3 is 10.1 Å². The second-order valence-electron chi connectivity index (χ2n) is 2.65. The number of ether oxygens (including phenoxy) is 1. The van der Waals surface area contributed by atoms with Gasteiger partial charge in [-0.2, -0.15) is 0 Å². The van der Waals surface area contributed by atoms with Gasteiger partial charge in [-0.15, -0.1) is 6.58 Å². The van der Waals surface area contributed by atoms with Crippen LogP contribution in [0.2, 0.25) is 0 Å². The van der Waals surface area contributed by atoms with E-state index < -0.39 is 0 Å². The Bertz CT molecular complexity index is 264. The third kappa shape index (κ3) is 3.94. The molecule has 3 heteroatoms. The van der Waals surface area contributed by atoms with Crippen LogP contribution >= 0.6 is 0 Å². The minimum Gasteiger partial charge on any atom is -0.465 e. The number of hydrogen-bond acceptors (Lipinski definition) is 3. The van der Waals surface area contributed by atoms with Crippen LogP contribution in [0.4, 0.5) is 0 Å². The smallest absolute Gasteiger partial charge is 0.337 e. The molecule has 1 N–H and O–H groups in total. The van der Waals surface area contributed by atoms with Crippen LogP contribution in [0, 0.1) is 0 Å². The molecule has 0 bridgehead atoms. The van der Waals surface area contributed by atoms with Crippen LogP contribution in [0.25, 0.3) is 0 Å². The molecule has 0 heterocycles. The molecule has 0 aromatic rings. The number of esters is 1. The van der Waals surface area contributed by atoms with E-state index in [-0.39, 0.29) is 5.97 Å². The van der Waals surface area contributed by atoms with E-state index in [4.69, 9.17) is 0 Å². The molecule has 0 amide bonds. The predicted octanol–water partition coefficient (Wildman–Crippen LogP) is 1.79. The summed E-state index contributed by atoms with van der Waals surface area (Å²) in [5.74, 6) is -0.329. The first-order valence-corrected chi connectivity index (χ1v) is 4.43. The van der Waals surface area contributed by atoms with Gasteiger partial charge in [-0.3, -0.25) is 0 Å². The number of methoxy groups -OCH3 is 1. The van der Waals surface area contributed by atoms with Crippen LogP contribution in [-0.4, -0.2) is 20.1 Å². The fraction of sp³-hybridized carbons (Fsp3) is 0.364. The molecule has 3 nitrogen and oxygen atoms in total. The minimum absolute atomic E-state index is 0.329. The molecule has 0 aliphatic carbocycles. The summed E-state index contributed by atoms with van der Waals surface area (Å²) in [6.07, 6.45) is 5.94. The Labute approximate surface area is 85.1 Å². The van der Waals surface area contributed by atoms with Crippen molar-refractivity contribution in [1.82, 2.24) is 5.32 Å². The Balaban J connectivity index is 4.70. The quantitative estimate of drug-likeness (QED) is 0.314. The van der Waals surface area contributed by atoms with Crippen molar-refractivity contribution in [2.45, 2.75) is 13.3 Å². The van der Waals surface area contributed by atoms with Crippen molar-refractivity contribution < 1.29 is 9.53 Å². The van der Waals surface area contributed by atoms with Crippen LogP contribution < -0.4 is 5.32 Å². The molecule has 0 radical (unpaired) electrons. The third-order valence-corrected chi connectivity index (χ3v) is 1.75. The maximum absolute atomic E-state index is 11.2. The SMILES string of the molecule is C=CC/C(=C/C(=C\C)C(=O)OC)NC. The molecule has 0 saturated heterocycles. The Morgan fingerprint density at radius 3 is 2.57 bits per heavy atom. The summed E-state index contributed by atoms with van der Waals surface area (Å²) >= 11 is 0. The lowest BCUT2D eigenvalue weighted by atomic mass is 10.2. The standard InChI is InChI=1S/C11H17NO2/c1-5-7-10(12-3)8-9(6-2)11(13)14-4/h5-6,8,12H,1,7H2,2-4H3/b9-6+,10-8-. The Morgan fingerprint density at radius 2 is 2.21 bits per heavy atom. The van der Waals surface area contributed by atoms with Gasteiger partial charge in [-0.1, -0.05) is 12.2 Å². The first kappa shape index (κ1) is 12.5. The molecule has 78 valence electrons. The molecule has 0 spiro atoms. The first-order chi connectivity index (χ1) is 6.69. The summed E-state index contributed by atoms with van der Waals surface area (Å²) in [5, 5.41) is 2.99. The molecule has 0 saturated carbocycles. The van der Waals surface area contributed by atoms with Crippen molar-refractivity contribution >= 4 is 5.97 Å². The van der Waals surface area contributed by atoms with Crippen molar-refractivity contribution in [3.05, 3.63) is 36.1 Å². The van der Waals surface area contributed by atoms with Crippen molar-refractivity contribution in [3.63, 3.8) is 0 Å². The van der Waals surface area contributed by atoms with E-state index >= 15 is 0 Å². The number of hydrogen-bond donors (Lipinski definition) is 1. The highest BCUT2D eigenvalue weighted by Gasteiger charge is 2.05. The zero-order chi connectivity index (χ0) is 11.0. The summed E-state index contributed by atoms with van der Waals surface area (Å²) in [4.78, 5) is 11.2. The van der Waals surface area contributed by atoms with Gasteiger partial charge in [-0.05, 0) is 13.0 Å². The van der Waals surface area contributed by atoms with Crippen LogP contribution in [-0.2, 0) is 9.53 Å². The van der Waals surface area contributed by atoms with Gasteiger partial charge in [0, 0.05) is 19.2 Å². The van der Waals surface area contributed by atoms with Crippen molar-refractivity contribution in [2.24, 2.45) is 0 Å². The van der Waals surface area contributed by atoms with Gasteiger partial charge in [0.1, 0.15) is 0 Å². The van der Waals surface area contributed by atoms with E-state index in [2.05, 4.69) is 16.6 Å². The van der Waals surface area contributed by atoms with Crippen LogP contribution in [0.5, 0.6) is 0 Å². The van der Waals surface area contributed by atoms with Gasteiger partial charge in [0.25, 0.3) is 0 Å². The van der Waals surface area contributed by atoms with Crippen molar-refractivity contribution in [3.8, 4) is 0 Å². The minimum atomic E-state index is -0.329. The van der Waals surface area contributed by atoms with Crippen molar-refractivity contribution in [2.75, 3.05) is 14.2 Å². The normalized spacial score (nSPS) is 12.2. The Hall–Kier alpha value is -1.51. The Kier molecular flexibility index (Phi) is 6.20. The molecular weight excluding hydrogens is 178 g/mol. The largest absolute Gasteiger partial charge is 0.465 e. The highest BCUT2D eigenvalue weighted by Crippen LogP contribution is 2.06. The zero-order valence-electron chi connectivity index (χ0n) is 8.96. The van der Waals surface area contributed by atoms with E-state index in [9.17, 15) is 4.79 Å². The second-order valence-corrected chi connectivity index (χ2v) is 2.65. The van der Waals surface area contributed by atoms with Crippen LogP contribution in [0.15, 0.2) is 36.1 Å². The summed E-state index contributed by atoms with van der Waals surface area (Å²) in [5.41, 5.74) is 1.47. The number of carbonyl (C=O) groups excluding carboxylic acids is 1. The second kappa shape index (κ2) is 6.95. The molecule has 0 aromatic carbocycles. The number of nitrogens with one attached hydrogen (secondary N) is 1. The average molecular weight is 195 g/mol. The molecule has 14 heavy (non-hydrogen) atoms. The lowest BCUT2D eigenvalue weighted by Crippen LogP contribution is -2.09. The number of rotatable bonds is 5. The molecule has 0 rings (SSSR count). The zero-order valence-corrected chi connectivity index (χ0v) is 8.96. The maximum Gasteiger partial charge on any atom is 0.337 e. The lowest BCUT2D eigenvalue weighted by Gasteiger charge is -2.05. The first-order valence-electron chi connectivity index (χ1n) is 4.43. The number of carbonyl (C=O) groups is 1. The highest BCUT2D eigenvalue weighted by molar-refractivity contribution is 5.91. The average Bonchev–Trinajstić information content (AvgIpc) is 2.23. The van der Waals surface area contributed by atoms with Gasteiger partial charge >= 0.3 is 5.97 Å². The van der Waals surface area contributed by atoms with Crippen LogP contribution in [0.1, 0.15) is 13.3 Å². The van der Waals surface area contributed by atoms with Crippen LogP contribution in [0.3, 0.4) is 0 Å². The molecule has 0 aromatic heterocycles. The van der Waals surface area contributed by atoms with Gasteiger partial charge in [0.05, 0.1) is 12.7 Å². The molecule has 0 unspecified atom stereocenters. The fourth-order valence-corrected chi connectivity index (χ4v) is 0.954. The molecular formula is C11H17NO2. The molecule has 0 aliphatic rings. The summed E-state index contributed by atoms with van der Waals surface area (Å²) < 4.78 is 4.62. The lowest BCUT2D eigenvalue weighted by molar-refractivity contribution is -0.135. The van der Waals surface area contributed by atoms with E-state index in [1.165, 1.54) is 7.11 Å².